The number of allylic oxidation sites excluding steroid dienone is 2. The molecule has 3 atom stereocenters. The minimum absolute atomic E-state index is 0. The van der Waals surface area contributed by atoms with E-state index in [0.29, 0.717) is 29.3 Å². The van der Waals surface area contributed by atoms with Gasteiger partial charge in [-0.25, -0.2) is 4.98 Å². The van der Waals surface area contributed by atoms with Crippen LogP contribution in [0.2, 0.25) is 0 Å². The Kier molecular flexibility index (Phi) is 11.0. The molecule has 6 heteroatoms. The summed E-state index contributed by atoms with van der Waals surface area (Å²) >= 11 is 0. The number of benzene rings is 3. The smallest absolute Gasteiger partial charge is 0.509 e. The second kappa shape index (κ2) is 15.2. The summed E-state index contributed by atoms with van der Waals surface area (Å²) in [5.74, 6) is 3.73. The van der Waals surface area contributed by atoms with E-state index < -0.39 is 0 Å². The molecule has 0 aliphatic heterocycles. The third kappa shape index (κ3) is 7.18. The van der Waals surface area contributed by atoms with Crippen LogP contribution in [0.5, 0.6) is 11.5 Å². The predicted molar refractivity (Wildman–Crippen MR) is 211 cm³/mol. The molecule has 1 aliphatic rings. The van der Waals surface area contributed by atoms with Gasteiger partial charge in [0.2, 0.25) is 0 Å². The topological polar surface area (TPSA) is 44.9 Å². The van der Waals surface area contributed by atoms with Crippen LogP contribution in [0.4, 0.5) is 0 Å². The zero-order valence-electron chi connectivity index (χ0n) is 32.2. The van der Waals surface area contributed by atoms with E-state index >= 15 is 0 Å². The molecule has 0 amide bonds. The van der Waals surface area contributed by atoms with Gasteiger partial charge < -0.3 is 9.30 Å². The Morgan fingerprint density at radius 3 is 2.44 bits per heavy atom. The Balaban J connectivity index is 0.00000464. The van der Waals surface area contributed by atoms with E-state index in [1.807, 2.05) is 12.3 Å². The molecule has 7 rings (SSSR count). The fourth-order valence-electron chi connectivity index (χ4n) is 8.30. The third-order valence-corrected chi connectivity index (χ3v) is 10.8. The van der Waals surface area contributed by atoms with Crippen LogP contribution in [0.15, 0.2) is 78.5 Å². The molecule has 0 bridgehead atoms. The van der Waals surface area contributed by atoms with Gasteiger partial charge in [0.05, 0.1) is 5.69 Å². The number of nitrogens with zero attached hydrogens (tertiary/aromatic N) is 4. The van der Waals surface area contributed by atoms with Gasteiger partial charge >= 0.3 is 21.1 Å². The fraction of sp³-hybridized carbons (Fsp3) is 0.391. The van der Waals surface area contributed by atoms with Crippen LogP contribution in [-0.2, 0) is 39.3 Å². The van der Waals surface area contributed by atoms with Crippen LogP contribution in [0.25, 0.3) is 33.3 Å². The van der Waals surface area contributed by atoms with Gasteiger partial charge in [0.15, 0.2) is 0 Å². The van der Waals surface area contributed by atoms with Crippen molar-refractivity contribution in [3.8, 4) is 23.0 Å². The SMILES string of the molecule is CCCCc1c(C2C(C)=C[C@H](C)C[C@@H]2C)c(C)nn1-c1[c-]c(Oc2[c-]c3c(cc2)c2ccccc2n3-c2cc(CC)ccn2)cc(C(C)(C)C)c1.[Pt+2]. The molecule has 6 aromatic rings. The van der Waals surface area contributed by atoms with Crippen LogP contribution >= 0.6 is 0 Å². The Morgan fingerprint density at radius 1 is 0.923 bits per heavy atom. The summed E-state index contributed by atoms with van der Waals surface area (Å²) in [6.45, 7) is 20.5. The standard InChI is InChI=1S/C46H52N4O.Pt/c1-10-12-16-41-45(44-30(4)22-29(3)23-31(44)5)32(6)48-50(41)35-25-34(46(7,8)9)26-37(27-35)51-36-18-19-39-38-15-13-14-17-40(38)49(42(39)28-36)43-24-33(11-2)20-21-47-43;/h13-15,17-22,24-26,29,31,44H,10-12,16,23H2,1-9H3;/q-2;+2/t29-,31-,44?;/m0./s1. The van der Waals surface area contributed by atoms with Gasteiger partial charge in [-0.3, -0.25) is 4.68 Å². The van der Waals surface area contributed by atoms with Crippen LogP contribution in [0.1, 0.15) is 109 Å². The third-order valence-electron chi connectivity index (χ3n) is 10.8. The molecule has 1 aliphatic carbocycles. The van der Waals surface area contributed by atoms with E-state index in [1.54, 1.807) is 0 Å². The summed E-state index contributed by atoms with van der Waals surface area (Å²) in [4.78, 5) is 4.80. The van der Waals surface area contributed by atoms with Crippen LogP contribution in [-0.4, -0.2) is 19.3 Å². The van der Waals surface area contributed by atoms with Crippen LogP contribution < -0.4 is 4.74 Å². The average molecular weight is 872 g/mol. The molecule has 272 valence electrons. The number of pyridine rings is 1. The number of hydrogen-bond donors (Lipinski definition) is 0. The molecule has 0 saturated carbocycles. The first kappa shape index (κ1) is 37.8. The monoisotopic (exact) mass is 871 g/mol. The number of aromatic nitrogens is 4. The number of aryl methyl sites for hydroxylation is 2. The first-order chi connectivity index (χ1) is 24.5. The average Bonchev–Trinajstić information content (AvgIpc) is 3.60. The summed E-state index contributed by atoms with van der Waals surface area (Å²) in [7, 11) is 0. The maximum atomic E-state index is 6.74. The zero-order chi connectivity index (χ0) is 36.0. The number of ether oxygens (including phenoxy) is 1. The Bertz CT molecular complexity index is 2250. The molecule has 0 fully saturated rings. The van der Waals surface area contributed by atoms with Crippen molar-refractivity contribution < 1.29 is 25.8 Å². The second-order valence-corrected chi connectivity index (χ2v) is 15.8. The van der Waals surface area contributed by atoms with E-state index in [1.165, 1.54) is 39.8 Å². The van der Waals surface area contributed by atoms with E-state index in [4.69, 9.17) is 14.8 Å². The zero-order valence-corrected chi connectivity index (χ0v) is 34.5. The molecule has 1 unspecified atom stereocenters. The van der Waals surface area contributed by atoms with Gasteiger partial charge in [-0.1, -0.05) is 90.3 Å². The molecule has 0 radical (unpaired) electrons. The predicted octanol–water partition coefficient (Wildman–Crippen LogP) is 12.0. The molecule has 0 spiro atoms. The maximum absolute atomic E-state index is 6.74. The van der Waals surface area contributed by atoms with Gasteiger partial charge in [0.25, 0.3) is 0 Å². The van der Waals surface area contributed by atoms with Crippen molar-refractivity contribution in [1.29, 1.82) is 0 Å². The summed E-state index contributed by atoms with van der Waals surface area (Å²) < 4.78 is 11.1. The molecular formula is C46H52N4OPt. The Morgan fingerprint density at radius 2 is 1.71 bits per heavy atom. The summed E-state index contributed by atoms with van der Waals surface area (Å²) in [5, 5.41) is 7.56. The first-order valence-corrected chi connectivity index (χ1v) is 18.9. The molecule has 5 nitrogen and oxygen atoms in total. The largest absolute Gasteiger partial charge is 2.00 e. The van der Waals surface area contributed by atoms with Crippen molar-refractivity contribution in [2.45, 2.75) is 106 Å². The number of rotatable bonds is 9. The maximum Gasteiger partial charge on any atom is 2.00 e. The molecular weight excluding hydrogens is 820 g/mol. The van der Waals surface area contributed by atoms with Crippen molar-refractivity contribution in [1.82, 2.24) is 19.3 Å². The molecule has 52 heavy (non-hydrogen) atoms. The van der Waals surface area contributed by atoms with Gasteiger partial charge in [-0.2, -0.15) is 11.2 Å². The molecule has 0 saturated heterocycles. The molecule has 3 aromatic carbocycles. The normalized spacial score (nSPS) is 17.7. The number of hydrogen-bond acceptors (Lipinski definition) is 3. The number of unbranched alkanes of at least 4 members (excludes halogenated alkanes) is 1. The van der Waals surface area contributed by atoms with Crippen molar-refractivity contribution in [3.05, 3.63) is 119 Å². The van der Waals surface area contributed by atoms with E-state index in [9.17, 15) is 0 Å². The molecule has 3 aromatic heterocycles. The van der Waals surface area contributed by atoms with Gasteiger partial charge in [0.1, 0.15) is 5.82 Å². The second-order valence-electron chi connectivity index (χ2n) is 15.8. The van der Waals surface area contributed by atoms with Gasteiger partial charge in [-0.15, -0.1) is 41.3 Å². The van der Waals surface area contributed by atoms with Crippen LogP contribution in [0.3, 0.4) is 0 Å². The fourth-order valence-corrected chi connectivity index (χ4v) is 8.30. The summed E-state index contributed by atoms with van der Waals surface area (Å²) in [6.07, 6.45) is 9.73. The van der Waals surface area contributed by atoms with E-state index in [2.05, 4.69) is 144 Å². The van der Waals surface area contributed by atoms with Crippen molar-refractivity contribution in [3.63, 3.8) is 0 Å². The first-order valence-electron chi connectivity index (χ1n) is 18.9. The van der Waals surface area contributed by atoms with Crippen molar-refractivity contribution in [2.24, 2.45) is 11.8 Å². The van der Waals surface area contributed by atoms with E-state index in [-0.39, 0.29) is 26.5 Å². The molecule has 3 heterocycles. The van der Waals surface area contributed by atoms with Crippen molar-refractivity contribution >= 4 is 21.8 Å². The number of fused-ring (bicyclic) bond motifs is 3. The molecule has 0 N–H and O–H groups in total. The summed E-state index contributed by atoms with van der Waals surface area (Å²) in [5.41, 5.74) is 10.6. The quantitative estimate of drug-likeness (QED) is 0.107. The minimum Gasteiger partial charge on any atom is -0.509 e. The van der Waals surface area contributed by atoms with E-state index in [0.717, 1.165) is 59.3 Å². The Hall–Kier alpha value is -3.95. The van der Waals surface area contributed by atoms with Crippen molar-refractivity contribution in [2.75, 3.05) is 0 Å². The van der Waals surface area contributed by atoms with Crippen LogP contribution in [0, 0.1) is 30.9 Å². The number of para-hydroxylation sites is 1. The van der Waals surface area contributed by atoms with Gasteiger partial charge in [-0.05, 0) is 91.6 Å². The van der Waals surface area contributed by atoms with Gasteiger partial charge in [0, 0.05) is 40.4 Å². The Labute approximate surface area is 324 Å². The minimum atomic E-state index is -0.111. The summed E-state index contributed by atoms with van der Waals surface area (Å²) in [6, 6.07) is 28.6.